The number of nitrogens with one attached hydrogen (secondary N) is 1. The zero-order valence-electron chi connectivity index (χ0n) is 19.4. The number of fused-ring (bicyclic) bond motifs is 2. The first-order valence-electron chi connectivity index (χ1n) is 11.3. The van der Waals surface area contributed by atoms with Crippen LogP contribution in [0.4, 0.5) is 0 Å². The average molecular weight is 466 g/mol. The van der Waals surface area contributed by atoms with Crippen LogP contribution >= 0.6 is 0 Å². The lowest BCUT2D eigenvalue weighted by molar-refractivity contribution is -0.120. The monoisotopic (exact) mass is 465 g/mol. The van der Waals surface area contributed by atoms with E-state index in [0.29, 0.717) is 31.8 Å². The van der Waals surface area contributed by atoms with Gasteiger partial charge in [-0.15, -0.1) is 0 Å². The molecule has 0 radical (unpaired) electrons. The van der Waals surface area contributed by atoms with Crippen LogP contribution < -0.4 is 20.5 Å². The predicted octanol–water partition coefficient (Wildman–Crippen LogP) is 3.07. The van der Waals surface area contributed by atoms with Gasteiger partial charge in [-0.1, -0.05) is 50.2 Å². The van der Waals surface area contributed by atoms with Crippen molar-refractivity contribution in [3.8, 4) is 11.5 Å². The van der Waals surface area contributed by atoms with Crippen LogP contribution in [-0.4, -0.2) is 47.3 Å². The Morgan fingerprint density at radius 3 is 2.44 bits per heavy atom. The van der Waals surface area contributed by atoms with E-state index in [2.05, 4.69) is 10.3 Å². The van der Waals surface area contributed by atoms with E-state index in [1.54, 1.807) is 6.07 Å². The molecule has 0 bridgehead atoms. The van der Waals surface area contributed by atoms with Gasteiger partial charge >= 0.3 is 0 Å². The van der Waals surface area contributed by atoms with Crippen molar-refractivity contribution >= 4 is 22.7 Å². The van der Waals surface area contributed by atoms with E-state index in [1.165, 1.54) is 0 Å². The van der Waals surface area contributed by atoms with Gasteiger partial charge < -0.3 is 25.6 Å². The largest absolute Gasteiger partial charge is 0.490 e. The first-order chi connectivity index (χ1) is 16.3. The van der Waals surface area contributed by atoms with Crippen molar-refractivity contribution < 1.29 is 24.2 Å². The maximum absolute atomic E-state index is 12.2. The van der Waals surface area contributed by atoms with Gasteiger partial charge in [-0.25, -0.2) is 4.98 Å². The number of carbonyl (C=O) groups is 2. The van der Waals surface area contributed by atoms with Crippen LogP contribution in [0.2, 0.25) is 0 Å². The second-order valence-corrected chi connectivity index (χ2v) is 8.50. The summed E-state index contributed by atoms with van der Waals surface area (Å²) in [7, 11) is 0. The van der Waals surface area contributed by atoms with Gasteiger partial charge in [0.05, 0.1) is 18.2 Å². The predicted molar refractivity (Wildman–Crippen MR) is 130 cm³/mol. The number of hydrogen-bond donors (Lipinski definition) is 3. The minimum absolute atomic E-state index is 0.257. The van der Waals surface area contributed by atoms with Gasteiger partial charge in [-0.05, 0) is 36.6 Å². The summed E-state index contributed by atoms with van der Waals surface area (Å²) in [5.74, 6) is 0.811. The Bertz CT molecular complexity index is 1120. The third-order valence-corrected chi connectivity index (χ3v) is 5.18. The number of hydrogen-bond acceptors (Lipinski definition) is 6. The van der Waals surface area contributed by atoms with E-state index in [1.807, 2.05) is 68.4 Å². The Hall–Kier alpha value is -3.65. The highest BCUT2D eigenvalue weighted by Gasteiger charge is 2.20. The first-order valence-corrected chi connectivity index (χ1v) is 11.3. The molecule has 0 saturated carbocycles. The van der Waals surface area contributed by atoms with Gasteiger partial charge in [0.2, 0.25) is 5.91 Å². The molecule has 2 aromatic carbocycles. The van der Waals surface area contributed by atoms with Gasteiger partial charge in [0.25, 0.3) is 5.91 Å². The van der Waals surface area contributed by atoms with Gasteiger partial charge in [0, 0.05) is 11.8 Å². The number of benzene rings is 2. The number of amides is 2. The van der Waals surface area contributed by atoms with Crippen LogP contribution in [0.1, 0.15) is 37.2 Å². The summed E-state index contributed by atoms with van der Waals surface area (Å²) in [6, 6.07) is 17.8. The van der Waals surface area contributed by atoms with Crippen LogP contribution in [0.25, 0.3) is 10.9 Å². The highest BCUT2D eigenvalue weighted by molar-refractivity contribution is 5.97. The smallest absolute Gasteiger partial charge is 0.270 e. The molecule has 1 aliphatic rings. The standard InChI is InChI=1S/C16H19N3O2.C10H12O3/c1-10(2)9-14(15(17)20)19-16(21)13-8-7-11-5-3-4-6-12(11)18-13;11-8-5-6-12-9-3-1-2-4-10(9)13-7-8/h3-8,10,14H,9H2,1-2H3,(H2,17,20)(H,19,21);1-4,8,11H,5-7H2/t14-;8-/m01/s1. The third kappa shape index (κ3) is 7.18. The normalized spacial score (nSPS) is 15.9. The van der Waals surface area contributed by atoms with Gasteiger partial charge in [-0.2, -0.15) is 0 Å². The van der Waals surface area contributed by atoms with Gasteiger partial charge in [-0.3, -0.25) is 9.59 Å². The number of aromatic nitrogens is 1. The molecule has 2 atom stereocenters. The van der Waals surface area contributed by atoms with E-state index in [9.17, 15) is 14.7 Å². The number of aliphatic hydroxyl groups is 1. The van der Waals surface area contributed by atoms with E-state index in [0.717, 1.165) is 16.7 Å². The number of carbonyl (C=O) groups excluding carboxylic acids is 2. The Labute approximate surface area is 199 Å². The summed E-state index contributed by atoms with van der Waals surface area (Å²) >= 11 is 0. The number of ether oxygens (including phenoxy) is 2. The molecule has 1 aliphatic heterocycles. The van der Waals surface area contributed by atoms with Gasteiger partial charge in [0.1, 0.15) is 18.3 Å². The Kier molecular flexibility index (Phi) is 8.81. The molecule has 0 fully saturated rings. The van der Waals surface area contributed by atoms with Crippen LogP contribution in [0.3, 0.4) is 0 Å². The number of para-hydroxylation sites is 3. The van der Waals surface area contributed by atoms with Crippen molar-refractivity contribution in [1.82, 2.24) is 10.3 Å². The fourth-order valence-corrected chi connectivity index (χ4v) is 3.41. The summed E-state index contributed by atoms with van der Waals surface area (Å²) in [6.07, 6.45) is 0.705. The van der Waals surface area contributed by atoms with Crippen molar-refractivity contribution in [3.63, 3.8) is 0 Å². The van der Waals surface area contributed by atoms with Crippen LogP contribution in [-0.2, 0) is 4.79 Å². The lowest BCUT2D eigenvalue weighted by Crippen LogP contribution is -2.45. The molecule has 0 saturated heterocycles. The molecule has 180 valence electrons. The van der Waals surface area contributed by atoms with E-state index in [4.69, 9.17) is 15.2 Å². The summed E-state index contributed by atoms with van der Waals surface area (Å²) < 4.78 is 10.8. The Balaban J connectivity index is 0.000000212. The SMILES string of the molecule is CC(C)C[C@H](NC(=O)c1ccc2ccccc2n1)C(N)=O.O[C@@H]1CCOc2ccccc2OC1. The molecule has 8 nitrogen and oxygen atoms in total. The summed E-state index contributed by atoms with van der Waals surface area (Å²) in [6.45, 7) is 4.83. The Morgan fingerprint density at radius 2 is 1.74 bits per heavy atom. The number of rotatable bonds is 5. The lowest BCUT2D eigenvalue weighted by Gasteiger charge is -2.19. The number of aliphatic hydroxyl groups excluding tert-OH is 1. The zero-order chi connectivity index (χ0) is 24.5. The Morgan fingerprint density at radius 1 is 1.06 bits per heavy atom. The molecule has 0 unspecified atom stereocenters. The van der Waals surface area contributed by atoms with E-state index in [-0.39, 0.29) is 17.5 Å². The quantitative estimate of drug-likeness (QED) is 0.532. The van der Waals surface area contributed by atoms with Crippen molar-refractivity contribution in [2.45, 2.75) is 38.8 Å². The molecule has 3 aromatic rings. The van der Waals surface area contributed by atoms with Crippen LogP contribution in [0.15, 0.2) is 60.7 Å². The molecule has 8 heteroatoms. The molecule has 4 N–H and O–H groups in total. The van der Waals surface area contributed by atoms with E-state index >= 15 is 0 Å². The fraction of sp³-hybridized carbons (Fsp3) is 0.346. The number of nitrogens with two attached hydrogens (primary N) is 1. The topological polar surface area (TPSA) is 124 Å². The third-order valence-electron chi connectivity index (χ3n) is 5.18. The number of pyridine rings is 1. The maximum Gasteiger partial charge on any atom is 0.270 e. The average Bonchev–Trinajstić information content (AvgIpc) is 2.81. The summed E-state index contributed by atoms with van der Waals surface area (Å²) in [5.41, 5.74) is 6.35. The highest BCUT2D eigenvalue weighted by atomic mass is 16.5. The first kappa shape index (κ1) is 25.0. The summed E-state index contributed by atoms with van der Waals surface area (Å²) in [5, 5.41) is 12.9. The molecule has 0 aliphatic carbocycles. The minimum Gasteiger partial charge on any atom is -0.490 e. The second kappa shape index (κ2) is 12.0. The van der Waals surface area contributed by atoms with E-state index < -0.39 is 18.1 Å². The van der Waals surface area contributed by atoms with Crippen molar-refractivity contribution in [2.75, 3.05) is 13.2 Å². The van der Waals surface area contributed by atoms with Crippen molar-refractivity contribution in [1.29, 1.82) is 0 Å². The lowest BCUT2D eigenvalue weighted by atomic mass is 10.0. The zero-order valence-corrected chi connectivity index (χ0v) is 19.4. The highest BCUT2D eigenvalue weighted by Crippen LogP contribution is 2.27. The van der Waals surface area contributed by atoms with Crippen LogP contribution in [0.5, 0.6) is 11.5 Å². The molecule has 2 heterocycles. The molecular weight excluding hydrogens is 434 g/mol. The second-order valence-electron chi connectivity index (χ2n) is 8.50. The number of nitrogens with zero attached hydrogens (tertiary/aromatic N) is 1. The molecule has 0 spiro atoms. The summed E-state index contributed by atoms with van der Waals surface area (Å²) in [4.78, 5) is 27.9. The minimum atomic E-state index is -0.675. The molecule has 1 aromatic heterocycles. The van der Waals surface area contributed by atoms with Gasteiger partial charge in [0.15, 0.2) is 11.5 Å². The van der Waals surface area contributed by atoms with Crippen LogP contribution in [0, 0.1) is 5.92 Å². The van der Waals surface area contributed by atoms with Crippen molar-refractivity contribution in [3.05, 3.63) is 66.4 Å². The van der Waals surface area contributed by atoms with Crippen molar-refractivity contribution in [2.24, 2.45) is 11.7 Å². The molecule has 34 heavy (non-hydrogen) atoms. The molecular formula is C26H31N3O5. The molecule has 2 amide bonds. The number of primary amides is 1. The maximum atomic E-state index is 12.2. The fourth-order valence-electron chi connectivity index (χ4n) is 3.41. The molecule has 4 rings (SSSR count).